The molecule has 1 fully saturated rings. The Hall–Kier alpha value is -2.58. The summed E-state index contributed by atoms with van der Waals surface area (Å²) >= 11 is 1.26. The summed E-state index contributed by atoms with van der Waals surface area (Å²) in [4.78, 5) is 29.8. The molecule has 4 rings (SSSR count). The van der Waals surface area contributed by atoms with Gasteiger partial charge in [-0.15, -0.1) is 0 Å². The molecule has 3 aromatic rings. The molecule has 2 aromatic heterocycles. The lowest BCUT2D eigenvalue weighted by molar-refractivity contribution is -0.118. The molecule has 0 aliphatic carbocycles. The average Bonchev–Trinajstić information content (AvgIpc) is 3.41. The number of nitrogens with one attached hydrogen (secondary N) is 1. The fraction of sp³-hybridized carbons (Fsp3) is 0.350. The van der Waals surface area contributed by atoms with Crippen molar-refractivity contribution in [2.45, 2.75) is 37.2 Å². The summed E-state index contributed by atoms with van der Waals surface area (Å²) in [6, 6.07) is 10.9. The topological polar surface area (TPSA) is 86.4 Å². The van der Waals surface area contributed by atoms with E-state index in [1.165, 1.54) is 11.8 Å². The van der Waals surface area contributed by atoms with Crippen molar-refractivity contribution in [3.63, 3.8) is 0 Å². The van der Waals surface area contributed by atoms with Crippen molar-refractivity contribution in [3.05, 3.63) is 58.8 Å². The second-order valence-electron chi connectivity index (χ2n) is 6.61. The van der Waals surface area contributed by atoms with E-state index in [-0.39, 0.29) is 23.3 Å². The number of para-hydroxylation sites is 1. The number of rotatable bonds is 7. The number of amides is 1. The van der Waals surface area contributed by atoms with Crippen molar-refractivity contribution in [1.82, 2.24) is 14.9 Å². The highest BCUT2D eigenvalue weighted by molar-refractivity contribution is 7.99. The standard InChI is InChI=1S/C20H21N3O4S/c24-18(21-11-14-5-3-9-26-14)13-28-20-22-17-8-2-1-7-16(17)19(25)23(20)12-15-6-4-10-27-15/h1-3,5,7-9,15H,4,6,10-13H2,(H,21,24). The molecule has 0 spiro atoms. The molecule has 8 heteroatoms. The number of thioether (sulfide) groups is 1. The Morgan fingerprint density at radius 3 is 2.96 bits per heavy atom. The van der Waals surface area contributed by atoms with E-state index in [1.54, 1.807) is 29.0 Å². The Labute approximate surface area is 166 Å². The molecule has 146 valence electrons. The minimum Gasteiger partial charge on any atom is -0.467 e. The van der Waals surface area contributed by atoms with Crippen LogP contribution in [0.15, 0.2) is 57.0 Å². The Bertz CT molecular complexity index is 1010. The summed E-state index contributed by atoms with van der Waals surface area (Å²) in [6.07, 6.45) is 3.50. The van der Waals surface area contributed by atoms with Gasteiger partial charge < -0.3 is 14.5 Å². The zero-order chi connectivity index (χ0) is 19.3. The lowest BCUT2D eigenvalue weighted by atomic mass is 10.2. The molecular weight excluding hydrogens is 378 g/mol. The number of nitrogens with zero attached hydrogens (tertiary/aromatic N) is 2. The highest BCUT2D eigenvalue weighted by atomic mass is 32.2. The Kier molecular flexibility index (Phi) is 5.78. The van der Waals surface area contributed by atoms with Gasteiger partial charge in [-0.3, -0.25) is 14.2 Å². The third kappa shape index (κ3) is 4.28. The van der Waals surface area contributed by atoms with E-state index in [2.05, 4.69) is 10.3 Å². The molecule has 1 aliphatic rings. The molecule has 1 unspecified atom stereocenters. The van der Waals surface area contributed by atoms with Crippen LogP contribution < -0.4 is 10.9 Å². The summed E-state index contributed by atoms with van der Waals surface area (Å²) in [5.74, 6) is 0.710. The fourth-order valence-electron chi connectivity index (χ4n) is 3.19. The van der Waals surface area contributed by atoms with Crippen LogP contribution >= 0.6 is 11.8 Å². The summed E-state index contributed by atoms with van der Waals surface area (Å²) in [5.41, 5.74) is 0.536. The van der Waals surface area contributed by atoms with Gasteiger partial charge in [0.15, 0.2) is 5.16 Å². The van der Waals surface area contributed by atoms with Crippen molar-refractivity contribution in [2.24, 2.45) is 0 Å². The SMILES string of the molecule is O=C(CSc1nc2ccccc2c(=O)n1CC1CCCO1)NCc1ccco1. The van der Waals surface area contributed by atoms with Gasteiger partial charge in [-0.25, -0.2) is 4.98 Å². The average molecular weight is 399 g/mol. The van der Waals surface area contributed by atoms with Crippen LogP contribution in [-0.4, -0.2) is 33.9 Å². The first-order chi connectivity index (χ1) is 13.7. The zero-order valence-corrected chi connectivity index (χ0v) is 16.1. The lowest BCUT2D eigenvalue weighted by Crippen LogP contribution is -2.30. The summed E-state index contributed by atoms with van der Waals surface area (Å²) in [6.45, 7) is 1.51. The number of aromatic nitrogens is 2. The van der Waals surface area contributed by atoms with Gasteiger partial charge in [-0.2, -0.15) is 0 Å². The third-order valence-corrected chi connectivity index (χ3v) is 5.59. The Balaban J connectivity index is 1.52. The first-order valence-corrected chi connectivity index (χ1v) is 10.2. The van der Waals surface area contributed by atoms with Crippen molar-refractivity contribution >= 4 is 28.6 Å². The van der Waals surface area contributed by atoms with E-state index in [4.69, 9.17) is 9.15 Å². The molecule has 3 heterocycles. The lowest BCUT2D eigenvalue weighted by Gasteiger charge is -2.16. The normalized spacial score (nSPS) is 16.5. The van der Waals surface area contributed by atoms with Crippen LogP contribution in [0.2, 0.25) is 0 Å². The van der Waals surface area contributed by atoms with Crippen LogP contribution in [0.4, 0.5) is 0 Å². The molecule has 1 atom stereocenters. The highest BCUT2D eigenvalue weighted by Crippen LogP contribution is 2.21. The van der Waals surface area contributed by atoms with E-state index in [0.29, 0.717) is 34.9 Å². The molecule has 1 N–H and O–H groups in total. The first-order valence-electron chi connectivity index (χ1n) is 9.24. The van der Waals surface area contributed by atoms with E-state index in [9.17, 15) is 9.59 Å². The predicted molar refractivity (Wildman–Crippen MR) is 106 cm³/mol. The van der Waals surface area contributed by atoms with Crippen LogP contribution in [-0.2, 0) is 22.6 Å². The van der Waals surface area contributed by atoms with Gasteiger partial charge in [-0.1, -0.05) is 23.9 Å². The van der Waals surface area contributed by atoms with Gasteiger partial charge in [0.05, 0.1) is 42.1 Å². The van der Waals surface area contributed by atoms with Crippen LogP contribution in [0.5, 0.6) is 0 Å². The minimum atomic E-state index is -0.146. The molecule has 1 saturated heterocycles. The van der Waals surface area contributed by atoms with Crippen LogP contribution in [0, 0.1) is 0 Å². The quantitative estimate of drug-likeness (QED) is 0.485. The molecule has 0 radical (unpaired) electrons. The van der Waals surface area contributed by atoms with Crippen molar-refractivity contribution in [2.75, 3.05) is 12.4 Å². The smallest absolute Gasteiger partial charge is 0.262 e. The van der Waals surface area contributed by atoms with Gasteiger partial charge in [-0.05, 0) is 37.1 Å². The highest BCUT2D eigenvalue weighted by Gasteiger charge is 2.20. The molecule has 0 bridgehead atoms. The van der Waals surface area contributed by atoms with Gasteiger partial charge in [0.25, 0.3) is 5.56 Å². The van der Waals surface area contributed by atoms with Crippen LogP contribution in [0.3, 0.4) is 0 Å². The molecular formula is C20H21N3O4S. The van der Waals surface area contributed by atoms with Gasteiger partial charge >= 0.3 is 0 Å². The number of carbonyl (C=O) groups is 1. The maximum absolute atomic E-state index is 13.0. The Morgan fingerprint density at radius 2 is 2.18 bits per heavy atom. The number of hydrogen-bond acceptors (Lipinski definition) is 6. The maximum atomic E-state index is 13.0. The number of carbonyl (C=O) groups excluding carboxylic acids is 1. The molecule has 28 heavy (non-hydrogen) atoms. The molecule has 1 amide bonds. The number of fused-ring (bicyclic) bond motifs is 1. The van der Waals surface area contributed by atoms with E-state index in [1.807, 2.05) is 18.2 Å². The largest absolute Gasteiger partial charge is 0.467 e. The van der Waals surface area contributed by atoms with Crippen molar-refractivity contribution in [3.8, 4) is 0 Å². The third-order valence-electron chi connectivity index (χ3n) is 4.61. The van der Waals surface area contributed by atoms with E-state index in [0.717, 1.165) is 19.4 Å². The predicted octanol–water partition coefficient (Wildman–Crippen LogP) is 2.58. The molecule has 1 aromatic carbocycles. The van der Waals surface area contributed by atoms with Gasteiger partial charge in [0.2, 0.25) is 5.91 Å². The maximum Gasteiger partial charge on any atom is 0.262 e. The Morgan fingerprint density at radius 1 is 1.29 bits per heavy atom. The first kappa shape index (κ1) is 18.8. The summed E-state index contributed by atoms with van der Waals surface area (Å²) in [5, 5.41) is 3.92. The molecule has 7 nitrogen and oxygen atoms in total. The molecule has 0 saturated carbocycles. The summed E-state index contributed by atoms with van der Waals surface area (Å²) < 4.78 is 12.6. The van der Waals surface area contributed by atoms with Gasteiger partial charge in [0.1, 0.15) is 5.76 Å². The second-order valence-corrected chi connectivity index (χ2v) is 7.55. The van der Waals surface area contributed by atoms with Crippen molar-refractivity contribution in [1.29, 1.82) is 0 Å². The number of benzene rings is 1. The monoisotopic (exact) mass is 399 g/mol. The number of furan rings is 1. The summed E-state index contributed by atoms with van der Waals surface area (Å²) in [7, 11) is 0. The van der Waals surface area contributed by atoms with Crippen LogP contribution in [0.25, 0.3) is 10.9 Å². The zero-order valence-electron chi connectivity index (χ0n) is 15.3. The number of hydrogen-bond donors (Lipinski definition) is 1. The van der Waals surface area contributed by atoms with E-state index < -0.39 is 0 Å². The minimum absolute atomic E-state index is 0.00721. The fourth-order valence-corrected chi connectivity index (χ4v) is 4.03. The second kappa shape index (κ2) is 8.62. The van der Waals surface area contributed by atoms with Gasteiger partial charge in [0, 0.05) is 6.61 Å². The van der Waals surface area contributed by atoms with Crippen molar-refractivity contribution < 1.29 is 13.9 Å². The number of ether oxygens (including phenoxy) is 1. The molecule has 1 aliphatic heterocycles. The van der Waals surface area contributed by atoms with E-state index >= 15 is 0 Å². The van der Waals surface area contributed by atoms with Crippen LogP contribution in [0.1, 0.15) is 18.6 Å².